The molecule has 1 unspecified atom stereocenters. The predicted molar refractivity (Wildman–Crippen MR) is 85.0 cm³/mol. The van der Waals surface area contributed by atoms with E-state index in [1.807, 2.05) is 30.3 Å². The summed E-state index contributed by atoms with van der Waals surface area (Å²) in [5.74, 6) is -0.0902. The Morgan fingerprint density at radius 1 is 1.19 bits per heavy atom. The van der Waals surface area contributed by atoms with E-state index >= 15 is 0 Å². The standard InChI is InChI=1S/C15H17ClN2O2S/c1-2-21(19,20)18-11-14(15-5-3-4-10-17-15)12-6-8-13(16)9-7-12/h3-10,14,18H,2,11H2,1H3. The van der Waals surface area contributed by atoms with E-state index in [-0.39, 0.29) is 18.2 Å². The number of benzene rings is 1. The molecule has 21 heavy (non-hydrogen) atoms. The number of hydrogen-bond acceptors (Lipinski definition) is 3. The average molecular weight is 325 g/mol. The number of halogens is 1. The van der Waals surface area contributed by atoms with Crippen molar-refractivity contribution in [1.82, 2.24) is 9.71 Å². The Labute approximate surface area is 130 Å². The van der Waals surface area contributed by atoms with Crippen molar-refractivity contribution in [3.8, 4) is 0 Å². The highest BCUT2D eigenvalue weighted by Crippen LogP contribution is 2.24. The van der Waals surface area contributed by atoms with Crippen molar-refractivity contribution in [3.63, 3.8) is 0 Å². The van der Waals surface area contributed by atoms with Crippen molar-refractivity contribution in [3.05, 3.63) is 64.9 Å². The molecule has 0 saturated carbocycles. The molecule has 1 atom stereocenters. The number of nitrogens with zero attached hydrogens (tertiary/aromatic N) is 1. The second-order valence-electron chi connectivity index (χ2n) is 4.61. The van der Waals surface area contributed by atoms with E-state index < -0.39 is 10.0 Å². The molecule has 2 aromatic rings. The molecule has 1 aromatic carbocycles. The highest BCUT2D eigenvalue weighted by molar-refractivity contribution is 7.89. The summed E-state index contributed by atoms with van der Waals surface area (Å²) in [5, 5.41) is 0.646. The van der Waals surface area contributed by atoms with Gasteiger partial charge in [-0.2, -0.15) is 0 Å². The number of hydrogen-bond donors (Lipinski definition) is 1. The molecule has 0 saturated heterocycles. The van der Waals surface area contributed by atoms with Crippen molar-refractivity contribution in [2.24, 2.45) is 0 Å². The maximum atomic E-state index is 11.7. The van der Waals surface area contributed by atoms with E-state index in [1.165, 1.54) is 0 Å². The van der Waals surface area contributed by atoms with Crippen LogP contribution in [0.4, 0.5) is 0 Å². The van der Waals surface area contributed by atoms with E-state index in [0.29, 0.717) is 5.02 Å². The topological polar surface area (TPSA) is 59.1 Å². The van der Waals surface area contributed by atoms with Crippen molar-refractivity contribution in [2.45, 2.75) is 12.8 Å². The summed E-state index contributed by atoms with van der Waals surface area (Å²) in [5.41, 5.74) is 1.79. The van der Waals surface area contributed by atoms with Crippen LogP contribution in [0.5, 0.6) is 0 Å². The number of sulfonamides is 1. The number of rotatable bonds is 6. The predicted octanol–water partition coefficient (Wildman–Crippen LogP) is 2.81. The van der Waals surface area contributed by atoms with Gasteiger partial charge in [-0.3, -0.25) is 4.98 Å². The van der Waals surface area contributed by atoms with Gasteiger partial charge in [-0.05, 0) is 36.8 Å². The second-order valence-corrected chi connectivity index (χ2v) is 7.14. The normalized spacial score (nSPS) is 13.0. The van der Waals surface area contributed by atoms with E-state index in [9.17, 15) is 8.42 Å². The first-order valence-electron chi connectivity index (χ1n) is 6.65. The Kier molecular flexibility index (Phi) is 5.33. The van der Waals surface area contributed by atoms with E-state index in [1.54, 1.807) is 25.3 Å². The van der Waals surface area contributed by atoms with Crippen LogP contribution in [0.2, 0.25) is 5.02 Å². The third-order valence-electron chi connectivity index (χ3n) is 3.20. The molecule has 0 aliphatic rings. The Morgan fingerprint density at radius 3 is 2.48 bits per heavy atom. The van der Waals surface area contributed by atoms with Gasteiger partial charge < -0.3 is 0 Å². The van der Waals surface area contributed by atoms with Crippen LogP contribution >= 0.6 is 11.6 Å². The first-order valence-corrected chi connectivity index (χ1v) is 8.68. The first kappa shape index (κ1) is 15.9. The molecule has 1 heterocycles. The molecule has 1 N–H and O–H groups in total. The molecule has 0 spiro atoms. The molecule has 2 rings (SSSR count). The van der Waals surface area contributed by atoms with Gasteiger partial charge in [0, 0.05) is 29.4 Å². The van der Waals surface area contributed by atoms with Crippen LogP contribution in [0.3, 0.4) is 0 Å². The summed E-state index contributed by atoms with van der Waals surface area (Å²) >= 11 is 5.91. The minimum atomic E-state index is -3.24. The van der Waals surface area contributed by atoms with Gasteiger partial charge in [0.15, 0.2) is 0 Å². The van der Waals surface area contributed by atoms with E-state index in [4.69, 9.17) is 11.6 Å². The largest absolute Gasteiger partial charge is 0.261 e. The van der Waals surface area contributed by atoms with Gasteiger partial charge in [-0.15, -0.1) is 0 Å². The highest BCUT2D eigenvalue weighted by Gasteiger charge is 2.18. The molecule has 112 valence electrons. The zero-order valence-electron chi connectivity index (χ0n) is 11.7. The third-order valence-corrected chi connectivity index (χ3v) is 4.82. The van der Waals surface area contributed by atoms with Crippen molar-refractivity contribution < 1.29 is 8.42 Å². The van der Waals surface area contributed by atoms with Crippen LogP contribution in [0.15, 0.2) is 48.7 Å². The Balaban J connectivity index is 2.29. The summed E-state index contributed by atoms with van der Waals surface area (Å²) in [6.07, 6.45) is 1.70. The minimum Gasteiger partial charge on any atom is -0.261 e. The maximum absolute atomic E-state index is 11.7. The van der Waals surface area contributed by atoms with Gasteiger partial charge in [0.25, 0.3) is 0 Å². The molecule has 1 aromatic heterocycles. The monoisotopic (exact) mass is 324 g/mol. The molecule has 6 heteroatoms. The van der Waals surface area contributed by atoms with Crippen LogP contribution in [-0.4, -0.2) is 25.7 Å². The van der Waals surface area contributed by atoms with E-state index in [2.05, 4.69) is 9.71 Å². The van der Waals surface area contributed by atoms with Gasteiger partial charge in [-0.1, -0.05) is 29.8 Å². The SMILES string of the molecule is CCS(=O)(=O)NCC(c1ccc(Cl)cc1)c1ccccn1. The summed E-state index contributed by atoms with van der Waals surface area (Å²) in [6, 6.07) is 13.0. The quantitative estimate of drug-likeness (QED) is 0.889. The van der Waals surface area contributed by atoms with Crippen LogP contribution in [0, 0.1) is 0 Å². The molecular formula is C15H17ClN2O2S. The maximum Gasteiger partial charge on any atom is 0.211 e. The highest BCUT2D eigenvalue weighted by atomic mass is 35.5. The molecule has 4 nitrogen and oxygen atoms in total. The van der Waals surface area contributed by atoms with Gasteiger partial charge in [0.05, 0.1) is 5.75 Å². The van der Waals surface area contributed by atoms with Crippen molar-refractivity contribution in [2.75, 3.05) is 12.3 Å². The molecule has 0 aliphatic carbocycles. The van der Waals surface area contributed by atoms with Gasteiger partial charge in [0.1, 0.15) is 0 Å². The lowest BCUT2D eigenvalue weighted by Crippen LogP contribution is -2.30. The molecule has 0 aliphatic heterocycles. The fourth-order valence-corrected chi connectivity index (χ4v) is 2.73. The van der Waals surface area contributed by atoms with Crippen LogP contribution in [-0.2, 0) is 10.0 Å². The molecule has 0 fully saturated rings. The summed E-state index contributed by atoms with van der Waals surface area (Å²) in [7, 11) is -3.24. The lowest BCUT2D eigenvalue weighted by molar-refractivity contribution is 0.578. The van der Waals surface area contributed by atoms with Gasteiger partial charge in [0.2, 0.25) is 10.0 Å². The Morgan fingerprint density at radius 2 is 1.90 bits per heavy atom. The summed E-state index contributed by atoms with van der Waals surface area (Å²) in [6.45, 7) is 1.88. The van der Waals surface area contributed by atoms with Crippen LogP contribution in [0.25, 0.3) is 0 Å². The zero-order chi connectivity index (χ0) is 15.3. The zero-order valence-corrected chi connectivity index (χ0v) is 13.2. The number of aromatic nitrogens is 1. The lowest BCUT2D eigenvalue weighted by Gasteiger charge is -2.17. The first-order chi connectivity index (χ1) is 10.0. The van der Waals surface area contributed by atoms with Crippen molar-refractivity contribution in [1.29, 1.82) is 0 Å². The van der Waals surface area contributed by atoms with Gasteiger partial charge in [-0.25, -0.2) is 13.1 Å². The smallest absolute Gasteiger partial charge is 0.211 e. The third kappa shape index (κ3) is 4.52. The van der Waals surface area contributed by atoms with Crippen LogP contribution in [0.1, 0.15) is 24.1 Å². The number of pyridine rings is 1. The summed E-state index contributed by atoms with van der Waals surface area (Å²) < 4.78 is 26.0. The Bertz CT molecular complexity index is 673. The fourth-order valence-electron chi connectivity index (χ4n) is 1.98. The molecule has 0 bridgehead atoms. The molecule has 0 amide bonds. The van der Waals surface area contributed by atoms with Gasteiger partial charge >= 0.3 is 0 Å². The minimum absolute atomic E-state index is 0.0581. The lowest BCUT2D eigenvalue weighted by atomic mass is 9.95. The van der Waals surface area contributed by atoms with E-state index in [0.717, 1.165) is 11.3 Å². The van der Waals surface area contributed by atoms with Crippen LogP contribution < -0.4 is 4.72 Å². The number of nitrogens with one attached hydrogen (secondary N) is 1. The summed E-state index contributed by atoms with van der Waals surface area (Å²) in [4.78, 5) is 4.34. The van der Waals surface area contributed by atoms with Crippen molar-refractivity contribution >= 4 is 21.6 Å². The molecular weight excluding hydrogens is 308 g/mol. The molecule has 0 radical (unpaired) electrons. The Hall–Kier alpha value is -1.43. The second kappa shape index (κ2) is 7.02. The average Bonchev–Trinajstić information content (AvgIpc) is 2.50. The fraction of sp³-hybridized carbons (Fsp3) is 0.267.